The SMILES string of the molecule is CC1(C)Cc2nc3sc4c(SCc5c(Cl)cccc5Cl)ncnc4c3cc2CO1. The lowest BCUT2D eigenvalue weighted by atomic mass is 9.95. The van der Waals surface area contributed by atoms with Crippen molar-refractivity contribution < 1.29 is 4.74 Å². The number of fused-ring (bicyclic) bond motifs is 4. The first-order valence-corrected chi connectivity index (χ1v) is 11.7. The highest BCUT2D eigenvalue weighted by Gasteiger charge is 2.28. The van der Waals surface area contributed by atoms with Crippen LogP contribution in [0.15, 0.2) is 35.6 Å². The summed E-state index contributed by atoms with van der Waals surface area (Å²) in [6.45, 7) is 4.79. The average Bonchev–Trinajstić information content (AvgIpc) is 3.03. The van der Waals surface area contributed by atoms with Gasteiger partial charge in [0.15, 0.2) is 0 Å². The number of hydrogen-bond donors (Lipinski definition) is 0. The van der Waals surface area contributed by atoms with Crippen LogP contribution in [0, 0.1) is 0 Å². The molecule has 1 aliphatic heterocycles. The second-order valence-corrected chi connectivity index (χ2v) is 10.4. The predicted octanol–water partition coefficient (Wildman–Crippen LogP) is 6.69. The van der Waals surface area contributed by atoms with Gasteiger partial charge < -0.3 is 4.74 Å². The number of nitrogens with zero attached hydrogens (tertiary/aromatic N) is 3. The summed E-state index contributed by atoms with van der Waals surface area (Å²) in [5.74, 6) is 0.644. The second-order valence-electron chi connectivity index (χ2n) is 7.62. The van der Waals surface area contributed by atoms with Gasteiger partial charge in [0.25, 0.3) is 0 Å². The quantitative estimate of drug-likeness (QED) is 0.251. The number of hydrogen-bond acceptors (Lipinski definition) is 6. The van der Waals surface area contributed by atoms with Crippen molar-refractivity contribution in [2.75, 3.05) is 0 Å². The van der Waals surface area contributed by atoms with Gasteiger partial charge in [-0.2, -0.15) is 0 Å². The minimum absolute atomic E-state index is 0.181. The first kappa shape index (κ1) is 19.5. The number of thiophene rings is 1. The molecule has 0 saturated carbocycles. The molecule has 0 N–H and O–H groups in total. The first-order chi connectivity index (χ1) is 13.9. The van der Waals surface area contributed by atoms with Gasteiger partial charge in [-0.15, -0.1) is 11.3 Å². The van der Waals surface area contributed by atoms with Crippen molar-refractivity contribution in [3.63, 3.8) is 0 Å². The molecule has 0 amide bonds. The maximum absolute atomic E-state index is 6.32. The maximum Gasteiger partial charge on any atom is 0.126 e. The number of halogens is 2. The van der Waals surface area contributed by atoms with E-state index in [4.69, 9.17) is 32.9 Å². The zero-order chi connectivity index (χ0) is 20.2. The van der Waals surface area contributed by atoms with Crippen molar-refractivity contribution in [3.05, 3.63) is 57.5 Å². The van der Waals surface area contributed by atoms with Gasteiger partial charge >= 0.3 is 0 Å². The largest absolute Gasteiger partial charge is 0.370 e. The third-order valence-corrected chi connectivity index (χ3v) is 7.96. The summed E-state index contributed by atoms with van der Waals surface area (Å²) in [5.41, 5.74) is 3.94. The van der Waals surface area contributed by atoms with E-state index in [-0.39, 0.29) is 5.60 Å². The van der Waals surface area contributed by atoms with Gasteiger partial charge in [-0.25, -0.2) is 15.0 Å². The fourth-order valence-corrected chi connectivity index (χ4v) is 6.43. The molecule has 0 bridgehead atoms. The van der Waals surface area contributed by atoms with Crippen LogP contribution < -0.4 is 0 Å². The number of thioether (sulfide) groups is 1. The van der Waals surface area contributed by atoms with Crippen LogP contribution in [-0.4, -0.2) is 20.6 Å². The summed E-state index contributed by atoms with van der Waals surface area (Å²) in [5, 5.41) is 3.32. The molecule has 0 unspecified atom stereocenters. The number of rotatable bonds is 3. The van der Waals surface area contributed by atoms with Crippen LogP contribution >= 0.6 is 46.3 Å². The van der Waals surface area contributed by atoms with Gasteiger partial charge in [-0.3, -0.25) is 0 Å². The Kier molecular flexibility index (Phi) is 4.95. The van der Waals surface area contributed by atoms with Crippen LogP contribution in [0.2, 0.25) is 10.0 Å². The lowest BCUT2D eigenvalue weighted by molar-refractivity contribution is -0.0411. The highest BCUT2D eigenvalue weighted by molar-refractivity contribution is 7.98. The molecular formula is C21H17Cl2N3OS2. The number of pyridine rings is 1. The molecule has 0 aliphatic carbocycles. The second kappa shape index (κ2) is 7.36. The van der Waals surface area contributed by atoms with Crippen molar-refractivity contribution >= 4 is 66.7 Å². The number of benzene rings is 1. The smallest absolute Gasteiger partial charge is 0.126 e. The lowest BCUT2D eigenvalue weighted by Gasteiger charge is -2.30. The van der Waals surface area contributed by atoms with E-state index in [0.29, 0.717) is 22.4 Å². The number of ether oxygens (including phenoxy) is 1. The molecule has 5 rings (SSSR count). The maximum atomic E-state index is 6.32. The molecule has 0 atom stereocenters. The van der Waals surface area contributed by atoms with Gasteiger partial charge in [0.2, 0.25) is 0 Å². The molecular weight excluding hydrogens is 445 g/mol. The summed E-state index contributed by atoms with van der Waals surface area (Å²) in [7, 11) is 0. The first-order valence-electron chi connectivity index (χ1n) is 9.17. The Morgan fingerprint density at radius 2 is 2.00 bits per heavy atom. The van der Waals surface area contributed by atoms with E-state index in [1.165, 1.54) is 0 Å². The molecule has 1 aromatic carbocycles. The molecule has 4 heterocycles. The minimum Gasteiger partial charge on any atom is -0.370 e. The zero-order valence-electron chi connectivity index (χ0n) is 15.8. The zero-order valence-corrected chi connectivity index (χ0v) is 19.0. The van der Waals surface area contributed by atoms with Crippen LogP contribution in [0.25, 0.3) is 20.4 Å². The summed E-state index contributed by atoms with van der Waals surface area (Å²) in [6.07, 6.45) is 2.43. The Hall–Kier alpha value is -1.44. The Balaban J connectivity index is 1.56. The minimum atomic E-state index is -0.181. The Labute approximate surface area is 186 Å². The van der Waals surface area contributed by atoms with Gasteiger partial charge in [0, 0.05) is 33.2 Å². The molecule has 0 saturated heterocycles. The average molecular weight is 462 g/mol. The molecule has 0 radical (unpaired) electrons. The van der Waals surface area contributed by atoms with E-state index in [1.54, 1.807) is 29.4 Å². The van der Waals surface area contributed by atoms with Crippen molar-refractivity contribution in [2.45, 2.75) is 43.3 Å². The third-order valence-electron chi connectivity index (χ3n) is 5.01. The normalized spacial score (nSPS) is 15.7. The van der Waals surface area contributed by atoms with Crippen molar-refractivity contribution in [3.8, 4) is 0 Å². The van der Waals surface area contributed by atoms with E-state index in [0.717, 1.165) is 48.7 Å². The van der Waals surface area contributed by atoms with Crippen LogP contribution in [-0.2, 0) is 23.5 Å². The van der Waals surface area contributed by atoms with Crippen molar-refractivity contribution in [2.24, 2.45) is 0 Å². The third kappa shape index (κ3) is 3.62. The fourth-order valence-electron chi connectivity index (χ4n) is 3.48. The molecule has 1 aliphatic rings. The molecule has 0 spiro atoms. The highest BCUT2D eigenvalue weighted by Crippen LogP contribution is 2.40. The highest BCUT2D eigenvalue weighted by atomic mass is 35.5. The number of aromatic nitrogens is 3. The fraction of sp³-hybridized carbons (Fsp3) is 0.286. The van der Waals surface area contributed by atoms with E-state index < -0.39 is 0 Å². The van der Waals surface area contributed by atoms with Crippen LogP contribution in [0.1, 0.15) is 30.7 Å². The summed E-state index contributed by atoms with van der Waals surface area (Å²) < 4.78 is 7.01. The van der Waals surface area contributed by atoms with Gasteiger partial charge in [0.1, 0.15) is 16.2 Å². The van der Waals surface area contributed by atoms with Crippen LogP contribution in [0.5, 0.6) is 0 Å². The topological polar surface area (TPSA) is 47.9 Å². The van der Waals surface area contributed by atoms with Gasteiger partial charge in [-0.1, -0.05) is 41.0 Å². The molecule has 8 heteroatoms. The predicted molar refractivity (Wildman–Crippen MR) is 121 cm³/mol. The molecule has 4 nitrogen and oxygen atoms in total. The molecule has 4 aromatic rings. The monoisotopic (exact) mass is 461 g/mol. The molecule has 3 aromatic heterocycles. The van der Waals surface area contributed by atoms with Crippen molar-refractivity contribution in [1.82, 2.24) is 15.0 Å². The van der Waals surface area contributed by atoms with E-state index in [2.05, 4.69) is 29.9 Å². The van der Waals surface area contributed by atoms with E-state index >= 15 is 0 Å². The Morgan fingerprint density at radius 3 is 2.79 bits per heavy atom. The van der Waals surface area contributed by atoms with E-state index in [9.17, 15) is 0 Å². The van der Waals surface area contributed by atoms with E-state index in [1.807, 2.05) is 18.2 Å². The molecule has 148 valence electrons. The Morgan fingerprint density at radius 1 is 1.21 bits per heavy atom. The van der Waals surface area contributed by atoms with Crippen molar-refractivity contribution in [1.29, 1.82) is 0 Å². The molecule has 29 heavy (non-hydrogen) atoms. The van der Waals surface area contributed by atoms with Crippen LogP contribution in [0.4, 0.5) is 0 Å². The standard InChI is InChI=1S/C21H17Cl2N3OS2/c1-21(2)7-16-11(8-27-21)6-12-17-18(29-19(12)26-16)20(25-10-24-17)28-9-13-14(22)4-3-5-15(13)23/h3-6,10H,7-9H2,1-2H3. The van der Waals surface area contributed by atoms with Crippen LogP contribution in [0.3, 0.4) is 0 Å². The van der Waals surface area contributed by atoms with Gasteiger partial charge in [0.05, 0.1) is 28.1 Å². The lowest BCUT2D eigenvalue weighted by Crippen LogP contribution is -2.32. The summed E-state index contributed by atoms with van der Waals surface area (Å²) in [6, 6.07) is 7.75. The molecule has 0 fully saturated rings. The Bertz CT molecular complexity index is 1240. The summed E-state index contributed by atoms with van der Waals surface area (Å²) in [4.78, 5) is 15.0. The summed E-state index contributed by atoms with van der Waals surface area (Å²) >= 11 is 15.9. The van der Waals surface area contributed by atoms with Gasteiger partial charge in [-0.05, 0) is 37.6 Å².